The molecule has 0 aromatic heterocycles. The molecule has 0 aliphatic carbocycles. The van der Waals surface area contributed by atoms with Crippen LogP contribution in [0.1, 0.15) is 17.5 Å². The van der Waals surface area contributed by atoms with Crippen LogP contribution in [0.4, 0.5) is 5.69 Å². The van der Waals surface area contributed by atoms with Crippen LogP contribution in [0.5, 0.6) is 0 Å². The van der Waals surface area contributed by atoms with E-state index in [0.29, 0.717) is 36.5 Å². The molecule has 126 valence electrons. The van der Waals surface area contributed by atoms with E-state index in [0.717, 1.165) is 11.1 Å². The number of hydrogen-bond acceptors (Lipinski definition) is 3. The van der Waals surface area contributed by atoms with Crippen LogP contribution in [-0.2, 0) is 27.7 Å². The predicted molar refractivity (Wildman–Crippen MR) is 93.7 cm³/mol. The van der Waals surface area contributed by atoms with E-state index >= 15 is 0 Å². The van der Waals surface area contributed by atoms with Crippen LogP contribution in [0.15, 0.2) is 47.4 Å². The number of anilines is 1. The highest BCUT2D eigenvalue weighted by Crippen LogP contribution is 2.25. The van der Waals surface area contributed by atoms with Crippen molar-refractivity contribution in [2.45, 2.75) is 24.2 Å². The first-order chi connectivity index (χ1) is 11.4. The van der Waals surface area contributed by atoms with E-state index in [-0.39, 0.29) is 10.8 Å². The summed E-state index contributed by atoms with van der Waals surface area (Å²) in [5.74, 6) is -0.0424. The Morgan fingerprint density at radius 1 is 1.08 bits per heavy atom. The van der Waals surface area contributed by atoms with Gasteiger partial charge in [0.15, 0.2) is 0 Å². The maximum atomic E-state index is 12.4. The minimum absolute atomic E-state index is 0.0424. The molecule has 0 radical (unpaired) electrons. The zero-order valence-electron chi connectivity index (χ0n) is 12.9. The molecule has 1 aliphatic rings. The van der Waals surface area contributed by atoms with Crippen molar-refractivity contribution in [2.75, 3.05) is 11.9 Å². The van der Waals surface area contributed by atoms with Crippen molar-refractivity contribution in [3.63, 3.8) is 0 Å². The molecule has 1 heterocycles. The van der Waals surface area contributed by atoms with Gasteiger partial charge in [0, 0.05) is 23.7 Å². The lowest BCUT2D eigenvalue weighted by molar-refractivity contribution is -0.116. The van der Waals surface area contributed by atoms with Crippen molar-refractivity contribution >= 4 is 33.2 Å². The van der Waals surface area contributed by atoms with Crippen LogP contribution in [0, 0.1) is 0 Å². The van der Waals surface area contributed by atoms with Crippen LogP contribution in [-0.4, -0.2) is 20.9 Å². The fourth-order valence-electron chi connectivity index (χ4n) is 2.59. The number of hydrogen-bond donors (Lipinski definition) is 2. The fourth-order valence-corrected chi connectivity index (χ4v) is 3.80. The molecule has 7 heteroatoms. The van der Waals surface area contributed by atoms with Crippen LogP contribution < -0.4 is 10.0 Å². The summed E-state index contributed by atoms with van der Waals surface area (Å²) >= 11 is 5.83. The largest absolute Gasteiger partial charge is 0.326 e. The standard InChI is InChI=1S/C17H17ClN2O3S/c18-14-4-1-12(2-5-14)9-10-19-24(22,23)15-6-7-16-13(11-15)3-8-17(21)20-16/h1-2,4-7,11,19H,3,8-10H2,(H,20,21). The number of fused-ring (bicyclic) bond motifs is 1. The quantitative estimate of drug-likeness (QED) is 0.856. The third kappa shape index (κ3) is 3.95. The molecule has 0 saturated carbocycles. The first kappa shape index (κ1) is 17.0. The van der Waals surface area contributed by atoms with Gasteiger partial charge in [-0.1, -0.05) is 23.7 Å². The van der Waals surface area contributed by atoms with Gasteiger partial charge in [-0.15, -0.1) is 0 Å². The Morgan fingerprint density at radius 3 is 2.58 bits per heavy atom. The number of halogens is 1. The summed E-state index contributed by atoms with van der Waals surface area (Å²) in [6.45, 7) is 0.303. The summed E-state index contributed by atoms with van der Waals surface area (Å²) in [6.07, 6.45) is 1.51. The monoisotopic (exact) mass is 364 g/mol. The zero-order chi connectivity index (χ0) is 17.2. The molecule has 5 nitrogen and oxygen atoms in total. The van der Waals surface area contributed by atoms with E-state index in [1.54, 1.807) is 24.3 Å². The van der Waals surface area contributed by atoms with Gasteiger partial charge in [-0.25, -0.2) is 13.1 Å². The molecule has 0 fully saturated rings. The van der Waals surface area contributed by atoms with E-state index in [4.69, 9.17) is 11.6 Å². The SMILES string of the molecule is O=C1CCc2cc(S(=O)(=O)NCCc3ccc(Cl)cc3)ccc2N1. The normalized spacial score (nSPS) is 14.1. The lowest BCUT2D eigenvalue weighted by Crippen LogP contribution is -2.26. The predicted octanol–water partition coefficient (Wildman–Crippen LogP) is 2.75. The molecule has 0 atom stereocenters. The van der Waals surface area contributed by atoms with Crippen LogP contribution in [0.3, 0.4) is 0 Å². The molecule has 0 spiro atoms. The summed E-state index contributed by atoms with van der Waals surface area (Å²) < 4.78 is 27.4. The molecule has 2 aromatic rings. The van der Waals surface area contributed by atoms with Gasteiger partial charge in [-0.05, 0) is 54.3 Å². The maximum absolute atomic E-state index is 12.4. The highest BCUT2D eigenvalue weighted by Gasteiger charge is 2.19. The van der Waals surface area contributed by atoms with Crippen LogP contribution >= 0.6 is 11.6 Å². The third-order valence-corrected chi connectivity index (χ3v) is 5.61. The average molecular weight is 365 g/mol. The van der Waals surface area contributed by atoms with Crippen molar-refractivity contribution in [1.29, 1.82) is 0 Å². The van der Waals surface area contributed by atoms with Crippen LogP contribution in [0.25, 0.3) is 0 Å². The third-order valence-electron chi connectivity index (χ3n) is 3.90. The molecule has 24 heavy (non-hydrogen) atoms. The van der Waals surface area contributed by atoms with E-state index in [2.05, 4.69) is 10.0 Å². The van der Waals surface area contributed by atoms with Crippen molar-refractivity contribution in [1.82, 2.24) is 4.72 Å². The maximum Gasteiger partial charge on any atom is 0.240 e. The van der Waals surface area contributed by atoms with Gasteiger partial charge in [-0.2, -0.15) is 0 Å². The number of carbonyl (C=O) groups is 1. The number of carbonyl (C=O) groups excluding carboxylic acids is 1. The van der Waals surface area contributed by atoms with Gasteiger partial charge >= 0.3 is 0 Å². The minimum Gasteiger partial charge on any atom is -0.326 e. The summed E-state index contributed by atoms with van der Waals surface area (Å²) in [4.78, 5) is 11.6. The summed E-state index contributed by atoms with van der Waals surface area (Å²) in [5.41, 5.74) is 2.54. The van der Waals surface area contributed by atoms with Crippen LogP contribution in [0.2, 0.25) is 5.02 Å². The van der Waals surface area contributed by atoms with Crippen molar-refractivity contribution in [3.05, 3.63) is 58.6 Å². The summed E-state index contributed by atoms with van der Waals surface area (Å²) in [5, 5.41) is 3.40. The van der Waals surface area contributed by atoms with Gasteiger partial charge in [-0.3, -0.25) is 4.79 Å². The smallest absolute Gasteiger partial charge is 0.240 e. The Balaban J connectivity index is 1.67. The van der Waals surface area contributed by atoms with Crippen molar-refractivity contribution in [2.24, 2.45) is 0 Å². The topological polar surface area (TPSA) is 75.3 Å². The Labute approximate surface area is 146 Å². The Bertz CT molecular complexity index is 864. The molecule has 0 saturated heterocycles. The highest BCUT2D eigenvalue weighted by atomic mass is 35.5. The lowest BCUT2D eigenvalue weighted by Gasteiger charge is -2.17. The van der Waals surface area contributed by atoms with Gasteiger partial charge in [0.25, 0.3) is 0 Å². The first-order valence-electron chi connectivity index (χ1n) is 7.61. The molecule has 3 rings (SSSR count). The lowest BCUT2D eigenvalue weighted by atomic mass is 10.0. The summed E-state index contributed by atoms with van der Waals surface area (Å²) in [6, 6.07) is 12.1. The number of aryl methyl sites for hydroxylation is 1. The Morgan fingerprint density at radius 2 is 1.83 bits per heavy atom. The number of rotatable bonds is 5. The second kappa shape index (κ2) is 6.93. The number of amides is 1. The number of sulfonamides is 1. The van der Waals surface area contributed by atoms with E-state index < -0.39 is 10.0 Å². The molecule has 2 N–H and O–H groups in total. The summed E-state index contributed by atoms with van der Waals surface area (Å²) in [7, 11) is -3.57. The molecule has 1 amide bonds. The van der Waals surface area contributed by atoms with Gasteiger partial charge in [0.1, 0.15) is 0 Å². The van der Waals surface area contributed by atoms with E-state index in [1.807, 2.05) is 12.1 Å². The Hall–Kier alpha value is -1.89. The molecule has 1 aliphatic heterocycles. The highest BCUT2D eigenvalue weighted by molar-refractivity contribution is 7.89. The van der Waals surface area contributed by atoms with E-state index in [1.165, 1.54) is 6.07 Å². The van der Waals surface area contributed by atoms with E-state index in [9.17, 15) is 13.2 Å². The second-order valence-corrected chi connectivity index (χ2v) is 7.84. The number of benzene rings is 2. The fraction of sp³-hybridized carbons (Fsp3) is 0.235. The van der Waals surface area contributed by atoms with Gasteiger partial charge in [0.05, 0.1) is 4.90 Å². The minimum atomic E-state index is -3.57. The van der Waals surface area contributed by atoms with Crippen molar-refractivity contribution in [3.8, 4) is 0 Å². The van der Waals surface area contributed by atoms with Gasteiger partial charge in [0.2, 0.25) is 15.9 Å². The molecule has 0 unspecified atom stereocenters. The van der Waals surface area contributed by atoms with Gasteiger partial charge < -0.3 is 5.32 Å². The molecular weight excluding hydrogens is 348 g/mol. The molecule has 0 bridgehead atoms. The number of nitrogens with one attached hydrogen (secondary N) is 2. The van der Waals surface area contributed by atoms with Crippen molar-refractivity contribution < 1.29 is 13.2 Å². The molecule has 2 aromatic carbocycles. The Kier molecular flexibility index (Phi) is 4.89. The zero-order valence-corrected chi connectivity index (χ0v) is 14.5. The second-order valence-electron chi connectivity index (χ2n) is 5.64. The molecular formula is C17H17ClN2O3S. The average Bonchev–Trinajstić information content (AvgIpc) is 2.56. The first-order valence-corrected chi connectivity index (χ1v) is 9.47.